The highest BCUT2D eigenvalue weighted by molar-refractivity contribution is 7.22. The lowest BCUT2D eigenvalue weighted by atomic mass is 9.86. The van der Waals surface area contributed by atoms with Gasteiger partial charge in [-0.2, -0.15) is 0 Å². The molecule has 5 rings (SSSR count). The number of para-hydroxylation sites is 1. The smallest absolute Gasteiger partial charge is 0.193 e. The fourth-order valence-electron chi connectivity index (χ4n) is 4.13. The standard InChI is InChI=1S/C24H16Cl2FNOS/c25-14-6-9-20(26)19(12-14)17-10-11-28(16-4-2-1-3-5-16)24-22(17)23(29)18-8-7-15(27)13-21(18)30-24/h1-9,12-13,17H,10-11H2. The zero-order chi connectivity index (χ0) is 20.8. The average molecular weight is 456 g/mol. The van der Waals surface area contributed by atoms with Crippen molar-refractivity contribution in [2.75, 3.05) is 11.4 Å². The van der Waals surface area contributed by atoms with Gasteiger partial charge in [-0.3, -0.25) is 4.79 Å². The molecule has 150 valence electrons. The molecular formula is C24H16Cl2FNOS. The molecule has 1 aromatic heterocycles. The molecule has 0 radical (unpaired) electrons. The topological polar surface area (TPSA) is 20.3 Å². The van der Waals surface area contributed by atoms with Gasteiger partial charge in [0.15, 0.2) is 5.43 Å². The average Bonchev–Trinajstić information content (AvgIpc) is 2.75. The van der Waals surface area contributed by atoms with E-state index in [9.17, 15) is 9.18 Å². The molecule has 0 aliphatic carbocycles. The highest BCUT2D eigenvalue weighted by atomic mass is 35.5. The van der Waals surface area contributed by atoms with Crippen molar-refractivity contribution in [1.82, 2.24) is 0 Å². The Morgan fingerprint density at radius 2 is 1.80 bits per heavy atom. The molecule has 1 aliphatic heterocycles. The van der Waals surface area contributed by atoms with Gasteiger partial charge in [-0.05, 0) is 60.5 Å². The Balaban J connectivity index is 1.80. The predicted molar refractivity (Wildman–Crippen MR) is 124 cm³/mol. The fourth-order valence-corrected chi connectivity index (χ4v) is 5.86. The second-order valence-corrected chi connectivity index (χ2v) is 9.16. The van der Waals surface area contributed by atoms with Gasteiger partial charge in [0.2, 0.25) is 0 Å². The molecule has 4 aromatic rings. The van der Waals surface area contributed by atoms with E-state index in [-0.39, 0.29) is 17.2 Å². The first-order chi connectivity index (χ1) is 14.5. The molecule has 0 fully saturated rings. The maximum Gasteiger partial charge on any atom is 0.193 e. The van der Waals surface area contributed by atoms with E-state index in [4.69, 9.17) is 23.2 Å². The van der Waals surface area contributed by atoms with Gasteiger partial charge >= 0.3 is 0 Å². The number of benzene rings is 3. The van der Waals surface area contributed by atoms with Gasteiger partial charge in [0.1, 0.15) is 10.8 Å². The molecule has 1 aliphatic rings. The molecule has 0 saturated carbocycles. The first-order valence-corrected chi connectivity index (χ1v) is 11.1. The molecule has 2 heterocycles. The van der Waals surface area contributed by atoms with Crippen LogP contribution in [0.25, 0.3) is 10.1 Å². The van der Waals surface area contributed by atoms with Gasteiger partial charge in [0.05, 0.1) is 0 Å². The molecule has 1 unspecified atom stereocenters. The molecule has 2 nitrogen and oxygen atoms in total. The van der Waals surface area contributed by atoms with Crippen LogP contribution >= 0.6 is 34.5 Å². The maximum atomic E-state index is 13.9. The van der Waals surface area contributed by atoms with Gasteiger partial charge in [0.25, 0.3) is 0 Å². The Kier molecular flexibility index (Phi) is 5.02. The highest BCUT2D eigenvalue weighted by Crippen LogP contribution is 2.46. The van der Waals surface area contributed by atoms with Crippen LogP contribution in [0.2, 0.25) is 10.0 Å². The second-order valence-electron chi connectivity index (χ2n) is 7.28. The summed E-state index contributed by atoms with van der Waals surface area (Å²) < 4.78 is 14.6. The summed E-state index contributed by atoms with van der Waals surface area (Å²) in [4.78, 5) is 15.8. The summed E-state index contributed by atoms with van der Waals surface area (Å²) in [5.74, 6) is -0.529. The first-order valence-electron chi connectivity index (χ1n) is 9.57. The van der Waals surface area contributed by atoms with Crippen LogP contribution in [-0.2, 0) is 0 Å². The SMILES string of the molecule is O=c1c2c(sc3cc(F)ccc13)N(c1ccccc1)CCC2c1cc(Cl)ccc1Cl. The number of nitrogens with zero attached hydrogens (tertiary/aromatic N) is 1. The molecule has 3 aromatic carbocycles. The molecule has 1 atom stereocenters. The number of rotatable bonds is 2. The van der Waals surface area contributed by atoms with Crippen LogP contribution < -0.4 is 10.3 Å². The van der Waals surface area contributed by atoms with Crippen LogP contribution in [-0.4, -0.2) is 6.54 Å². The third-order valence-electron chi connectivity index (χ3n) is 5.51. The zero-order valence-electron chi connectivity index (χ0n) is 15.7. The van der Waals surface area contributed by atoms with Crippen molar-refractivity contribution in [2.24, 2.45) is 0 Å². The minimum atomic E-state index is -0.352. The summed E-state index contributed by atoms with van der Waals surface area (Å²) in [6.07, 6.45) is 0.719. The van der Waals surface area contributed by atoms with E-state index in [0.717, 1.165) is 22.7 Å². The largest absolute Gasteiger partial charge is 0.333 e. The number of fused-ring (bicyclic) bond motifs is 2. The summed E-state index contributed by atoms with van der Waals surface area (Å²) in [6, 6.07) is 19.6. The monoisotopic (exact) mass is 455 g/mol. The van der Waals surface area contributed by atoms with Crippen molar-refractivity contribution >= 4 is 55.3 Å². The number of hydrogen-bond donors (Lipinski definition) is 0. The summed E-state index contributed by atoms with van der Waals surface area (Å²) >= 11 is 14.2. The Morgan fingerprint density at radius 1 is 1.00 bits per heavy atom. The lowest BCUT2D eigenvalue weighted by Gasteiger charge is -2.35. The van der Waals surface area contributed by atoms with Gasteiger partial charge in [-0.1, -0.05) is 41.4 Å². The Labute approximate surface area is 187 Å². The first kappa shape index (κ1) is 19.6. The summed E-state index contributed by atoms with van der Waals surface area (Å²) in [5.41, 5.74) is 2.46. The zero-order valence-corrected chi connectivity index (χ0v) is 18.1. The van der Waals surface area contributed by atoms with Crippen molar-refractivity contribution in [3.8, 4) is 0 Å². The quantitative estimate of drug-likeness (QED) is 0.314. The number of anilines is 2. The molecule has 30 heavy (non-hydrogen) atoms. The third kappa shape index (κ3) is 3.29. The molecule has 0 amide bonds. The van der Waals surface area contributed by atoms with Gasteiger partial charge in [-0.15, -0.1) is 11.3 Å². The van der Waals surface area contributed by atoms with Crippen molar-refractivity contribution in [2.45, 2.75) is 12.3 Å². The van der Waals surface area contributed by atoms with E-state index in [1.54, 1.807) is 18.2 Å². The lowest BCUT2D eigenvalue weighted by Crippen LogP contribution is -2.31. The molecule has 0 N–H and O–H groups in total. The molecule has 0 bridgehead atoms. The van der Waals surface area contributed by atoms with Gasteiger partial charge < -0.3 is 4.90 Å². The number of hydrogen-bond acceptors (Lipinski definition) is 3. The van der Waals surface area contributed by atoms with E-state index in [1.807, 2.05) is 36.4 Å². The Bertz CT molecular complexity index is 1320. The van der Waals surface area contributed by atoms with Crippen LogP contribution in [0.3, 0.4) is 0 Å². The third-order valence-corrected chi connectivity index (χ3v) is 7.28. The Hall–Kier alpha value is -2.40. The van der Waals surface area contributed by atoms with Crippen LogP contribution in [0, 0.1) is 5.82 Å². The highest BCUT2D eigenvalue weighted by Gasteiger charge is 2.32. The van der Waals surface area contributed by atoms with Crippen LogP contribution in [0.5, 0.6) is 0 Å². The van der Waals surface area contributed by atoms with Crippen molar-refractivity contribution in [1.29, 1.82) is 0 Å². The van der Waals surface area contributed by atoms with Crippen molar-refractivity contribution in [3.05, 3.63) is 104 Å². The summed E-state index contributed by atoms with van der Waals surface area (Å²) in [7, 11) is 0. The van der Waals surface area contributed by atoms with E-state index in [1.165, 1.54) is 23.5 Å². The molecule has 0 saturated heterocycles. The molecular weight excluding hydrogens is 440 g/mol. The second kappa shape index (κ2) is 7.69. The van der Waals surface area contributed by atoms with Gasteiger partial charge in [-0.25, -0.2) is 4.39 Å². The van der Waals surface area contributed by atoms with E-state index < -0.39 is 0 Å². The minimum absolute atomic E-state index is 0.0829. The van der Waals surface area contributed by atoms with Crippen LogP contribution in [0.1, 0.15) is 23.5 Å². The van der Waals surface area contributed by atoms with Crippen molar-refractivity contribution < 1.29 is 4.39 Å². The fraction of sp³-hybridized carbons (Fsp3) is 0.125. The summed E-state index contributed by atoms with van der Waals surface area (Å²) in [5, 5.41) is 2.53. The molecule has 0 spiro atoms. The normalized spacial score (nSPS) is 16.0. The maximum absolute atomic E-state index is 13.9. The van der Waals surface area contributed by atoms with Gasteiger partial charge in [0, 0.05) is 43.8 Å². The molecule has 6 heteroatoms. The van der Waals surface area contributed by atoms with Crippen LogP contribution in [0.4, 0.5) is 15.1 Å². The number of halogens is 3. The van der Waals surface area contributed by atoms with Crippen LogP contribution in [0.15, 0.2) is 71.5 Å². The predicted octanol–water partition coefficient (Wildman–Crippen LogP) is 7.38. The van der Waals surface area contributed by atoms with E-state index >= 15 is 0 Å². The van der Waals surface area contributed by atoms with Crippen molar-refractivity contribution in [3.63, 3.8) is 0 Å². The lowest BCUT2D eigenvalue weighted by molar-refractivity contribution is 0.630. The van der Waals surface area contributed by atoms with E-state index in [2.05, 4.69) is 4.90 Å². The van der Waals surface area contributed by atoms with E-state index in [0.29, 0.717) is 32.2 Å². The Morgan fingerprint density at radius 3 is 2.60 bits per heavy atom. The summed E-state index contributed by atoms with van der Waals surface area (Å²) in [6.45, 7) is 0.710. The minimum Gasteiger partial charge on any atom is -0.333 e.